The van der Waals surface area contributed by atoms with E-state index in [4.69, 9.17) is 23.2 Å². The van der Waals surface area contributed by atoms with Crippen LogP contribution in [0.25, 0.3) is 0 Å². The zero-order valence-corrected chi connectivity index (χ0v) is 9.09. The van der Waals surface area contributed by atoms with Crippen LogP contribution < -0.4 is 0 Å². The van der Waals surface area contributed by atoms with Gasteiger partial charge in [0.2, 0.25) is 0 Å². The molecule has 0 amide bonds. The molecule has 0 N–H and O–H groups in total. The minimum Gasteiger partial charge on any atom is -0.121 e. The molecule has 1 aromatic carbocycles. The van der Waals surface area contributed by atoms with Gasteiger partial charge in [-0.15, -0.1) is 11.6 Å². The Bertz CT molecular complexity index is 248. The summed E-state index contributed by atoms with van der Waals surface area (Å²) in [6.45, 7) is 1.99. The fraction of sp³-hybridized carbons (Fsp3) is 0.250. The summed E-state index contributed by atoms with van der Waals surface area (Å²) in [5.41, 5.74) is 2.14. The molecule has 0 aliphatic carbocycles. The molecule has 11 heavy (non-hydrogen) atoms. The molecule has 3 heteroatoms. The van der Waals surface area contributed by atoms with Gasteiger partial charge in [0.15, 0.2) is 0 Å². The van der Waals surface area contributed by atoms with E-state index in [1.54, 1.807) is 0 Å². The molecule has 0 bridgehead atoms. The van der Waals surface area contributed by atoms with Gasteiger partial charge in [0, 0.05) is 15.4 Å². The highest BCUT2D eigenvalue weighted by molar-refractivity contribution is 9.10. The van der Waals surface area contributed by atoms with Gasteiger partial charge in [0.05, 0.1) is 0 Å². The van der Waals surface area contributed by atoms with Crippen molar-refractivity contribution in [3.05, 3.63) is 32.8 Å². The maximum atomic E-state index is 5.92. The van der Waals surface area contributed by atoms with Crippen molar-refractivity contribution < 1.29 is 0 Å². The lowest BCUT2D eigenvalue weighted by Crippen LogP contribution is -1.86. The van der Waals surface area contributed by atoms with E-state index in [0.29, 0.717) is 5.88 Å². The van der Waals surface area contributed by atoms with Crippen LogP contribution in [0.15, 0.2) is 16.6 Å². The van der Waals surface area contributed by atoms with Gasteiger partial charge in [0.1, 0.15) is 0 Å². The quantitative estimate of drug-likeness (QED) is 0.660. The van der Waals surface area contributed by atoms with E-state index < -0.39 is 0 Å². The van der Waals surface area contributed by atoms with Crippen LogP contribution in [0.5, 0.6) is 0 Å². The first-order valence-corrected chi connectivity index (χ1v) is 4.86. The van der Waals surface area contributed by atoms with E-state index in [-0.39, 0.29) is 0 Å². The van der Waals surface area contributed by atoms with Gasteiger partial charge in [0.25, 0.3) is 0 Å². The van der Waals surface area contributed by atoms with Crippen molar-refractivity contribution in [3.63, 3.8) is 0 Å². The van der Waals surface area contributed by atoms with E-state index >= 15 is 0 Å². The number of hydrogen-bond donors (Lipinski definition) is 0. The molecule has 1 aromatic rings. The van der Waals surface area contributed by atoms with Crippen LogP contribution in [-0.4, -0.2) is 0 Å². The third-order valence-corrected chi connectivity index (χ3v) is 2.58. The van der Waals surface area contributed by atoms with Crippen molar-refractivity contribution in [1.82, 2.24) is 0 Å². The molecule has 0 aromatic heterocycles. The largest absolute Gasteiger partial charge is 0.121 e. The molecule has 0 unspecified atom stereocenters. The fourth-order valence-electron chi connectivity index (χ4n) is 0.901. The predicted molar refractivity (Wildman–Crippen MR) is 53.4 cm³/mol. The lowest BCUT2D eigenvalue weighted by atomic mass is 10.1. The van der Waals surface area contributed by atoms with Gasteiger partial charge in [-0.05, 0) is 30.2 Å². The van der Waals surface area contributed by atoms with E-state index in [9.17, 15) is 0 Å². The Hall–Kier alpha value is 0.280. The summed E-state index contributed by atoms with van der Waals surface area (Å²) in [4.78, 5) is 0. The summed E-state index contributed by atoms with van der Waals surface area (Å²) in [5, 5.41) is 0.729. The maximum absolute atomic E-state index is 5.92. The zero-order valence-electron chi connectivity index (χ0n) is 6.00. The average molecular weight is 254 g/mol. The van der Waals surface area contributed by atoms with Crippen molar-refractivity contribution in [3.8, 4) is 0 Å². The third kappa shape index (κ3) is 2.11. The van der Waals surface area contributed by atoms with Crippen LogP contribution in [0.1, 0.15) is 11.1 Å². The van der Waals surface area contributed by atoms with Crippen molar-refractivity contribution in [2.24, 2.45) is 0 Å². The number of aryl methyl sites for hydroxylation is 1. The summed E-state index contributed by atoms with van der Waals surface area (Å²) in [6, 6.07) is 3.86. The number of halogens is 3. The Balaban J connectivity index is 3.25. The first-order valence-electron chi connectivity index (χ1n) is 3.15. The average Bonchev–Trinajstić information content (AvgIpc) is 1.85. The molecule has 0 radical (unpaired) electrons. The summed E-state index contributed by atoms with van der Waals surface area (Å²) < 4.78 is 0.994. The van der Waals surface area contributed by atoms with Crippen LogP contribution in [0.2, 0.25) is 5.02 Å². The fourth-order valence-corrected chi connectivity index (χ4v) is 2.36. The van der Waals surface area contributed by atoms with Gasteiger partial charge >= 0.3 is 0 Å². The number of benzene rings is 1. The summed E-state index contributed by atoms with van der Waals surface area (Å²) in [5.74, 6) is 0.470. The van der Waals surface area contributed by atoms with Crippen LogP contribution >= 0.6 is 39.1 Å². The zero-order chi connectivity index (χ0) is 8.43. The molecule has 0 spiro atoms. The number of hydrogen-bond acceptors (Lipinski definition) is 0. The Morgan fingerprint density at radius 1 is 1.45 bits per heavy atom. The molecular weight excluding hydrogens is 247 g/mol. The van der Waals surface area contributed by atoms with Crippen molar-refractivity contribution in [2.75, 3.05) is 0 Å². The maximum Gasteiger partial charge on any atom is 0.0491 e. The number of rotatable bonds is 1. The molecule has 0 nitrogen and oxygen atoms in total. The highest BCUT2D eigenvalue weighted by Crippen LogP contribution is 2.26. The Morgan fingerprint density at radius 2 is 2.09 bits per heavy atom. The molecular formula is C8H7BrCl2. The molecule has 0 aliphatic rings. The van der Waals surface area contributed by atoms with Crippen molar-refractivity contribution in [1.29, 1.82) is 0 Å². The predicted octanol–water partition coefficient (Wildman–Crippen LogP) is 4.15. The lowest BCUT2D eigenvalue weighted by Gasteiger charge is -2.04. The molecule has 0 saturated carbocycles. The first kappa shape index (κ1) is 9.37. The molecule has 1 rings (SSSR count). The topological polar surface area (TPSA) is 0 Å². The standard InChI is InChI=1S/C8H7BrCl2/c1-5-2-6(9)3-8(11)7(5)4-10/h2-3H,4H2,1H3. The molecule has 0 fully saturated rings. The molecule has 0 heterocycles. The Kier molecular flexibility index (Phi) is 3.23. The van der Waals surface area contributed by atoms with Crippen LogP contribution in [0.3, 0.4) is 0 Å². The van der Waals surface area contributed by atoms with Crippen LogP contribution in [0.4, 0.5) is 0 Å². The van der Waals surface area contributed by atoms with Gasteiger partial charge in [-0.1, -0.05) is 27.5 Å². The first-order chi connectivity index (χ1) is 5.15. The second-order valence-corrected chi connectivity index (χ2v) is 3.91. The van der Waals surface area contributed by atoms with E-state index in [1.165, 1.54) is 0 Å². The van der Waals surface area contributed by atoms with Crippen molar-refractivity contribution in [2.45, 2.75) is 12.8 Å². The van der Waals surface area contributed by atoms with Gasteiger partial charge < -0.3 is 0 Å². The van der Waals surface area contributed by atoms with Crippen LogP contribution in [0, 0.1) is 6.92 Å². The SMILES string of the molecule is Cc1cc(Br)cc(Cl)c1CCl. The van der Waals surface area contributed by atoms with E-state index in [2.05, 4.69) is 15.9 Å². The van der Waals surface area contributed by atoms with E-state index in [0.717, 1.165) is 20.6 Å². The Morgan fingerprint density at radius 3 is 2.55 bits per heavy atom. The minimum absolute atomic E-state index is 0.470. The van der Waals surface area contributed by atoms with Crippen LogP contribution in [-0.2, 0) is 5.88 Å². The van der Waals surface area contributed by atoms with Crippen molar-refractivity contribution >= 4 is 39.1 Å². The summed E-state index contributed by atoms with van der Waals surface area (Å²) >= 11 is 15.0. The summed E-state index contributed by atoms with van der Waals surface area (Å²) in [6.07, 6.45) is 0. The molecule has 0 atom stereocenters. The van der Waals surface area contributed by atoms with Gasteiger partial charge in [-0.3, -0.25) is 0 Å². The molecule has 60 valence electrons. The lowest BCUT2D eigenvalue weighted by molar-refractivity contribution is 1.29. The third-order valence-electron chi connectivity index (χ3n) is 1.52. The minimum atomic E-state index is 0.470. The highest BCUT2D eigenvalue weighted by atomic mass is 79.9. The van der Waals surface area contributed by atoms with Gasteiger partial charge in [-0.2, -0.15) is 0 Å². The second kappa shape index (κ2) is 3.79. The monoisotopic (exact) mass is 252 g/mol. The smallest absolute Gasteiger partial charge is 0.0491 e. The molecule has 0 aliphatic heterocycles. The summed E-state index contributed by atoms with van der Waals surface area (Å²) in [7, 11) is 0. The molecule has 0 saturated heterocycles. The second-order valence-electron chi connectivity index (χ2n) is 2.32. The van der Waals surface area contributed by atoms with Gasteiger partial charge in [-0.25, -0.2) is 0 Å². The number of alkyl halides is 1. The Labute approximate surface area is 84.6 Å². The normalized spacial score (nSPS) is 10.2. The van der Waals surface area contributed by atoms with E-state index in [1.807, 2.05) is 19.1 Å². The highest BCUT2D eigenvalue weighted by Gasteiger charge is 2.03.